The van der Waals surface area contributed by atoms with Crippen molar-refractivity contribution < 1.29 is 9.84 Å². The quantitative estimate of drug-likeness (QED) is 0.749. The van der Waals surface area contributed by atoms with Crippen LogP contribution in [0.2, 0.25) is 0 Å². The Labute approximate surface area is 90.3 Å². The minimum Gasteiger partial charge on any atom is -0.490 e. The Morgan fingerprint density at radius 1 is 1.60 bits per heavy atom. The Morgan fingerprint density at radius 2 is 2.40 bits per heavy atom. The van der Waals surface area contributed by atoms with Gasteiger partial charge in [0.1, 0.15) is 0 Å². The van der Waals surface area contributed by atoms with Crippen LogP contribution < -0.4 is 10.1 Å². The van der Waals surface area contributed by atoms with Crippen LogP contribution in [0, 0.1) is 0 Å². The van der Waals surface area contributed by atoms with Crippen molar-refractivity contribution in [2.24, 2.45) is 0 Å². The fourth-order valence-corrected chi connectivity index (χ4v) is 1.10. The largest absolute Gasteiger partial charge is 0.490 e. The van der Waals surface area contributed by atoms with Gasteiger partial charge in [-0.3, -0.25) is 0 Å². The van der Waals surface area contributed by atoms with E-state index in [1.54, 1.807) is 13.1 Å². The van der Waals surface area contributed by atoms with E-state index in [0.717, 1.165) is 12.2 Å². The maximum absolute atomic E-state index is 9.15. The third-order valence-corrected chi connectivity index (χ3v) is 1.80. The molecule has 15 heavy (non-hydrogen) atoms. The van der Waals surface area contributed by atoms with Crippen LogP contribution >= 0.6 is 0 Å². The molecule has 0 aliphatic heterocycles. The summed E-state index contributed by atoms with van der Waals surface area (Å²) in [5.74, 6) is 1.42. The molecule has 1 atom stereocenters. The second kappa shape index (κ2) is 6.24. The van der Waals surface area contributed by atoms with E-state index in [2.05, 4.69) is 17.2 Å². The van der Waals surface area contributed by atoms with Gasteiger partial charge < -0.3 is 15.2 Å². The predicted molar refractivity (Wildman–Crippen MR) is 60.2 cm³/mol. The molecule has 1 aromatic heterocycles. The molecular formula is C11H18N2O2. The number of aliphatic hydroxyl groups excluding tert-OH is 1. The maximum atomic E-state index is 9.15. The number of aromatic nitrogens is 1. The summed E-state index contributed by atoms with van der Waals surface area (Å²) in [6.07, 6.45) is 2.26. The van der Waals surface area contributed by atoms with Crippen LogP contribution in [0.25, 0.3) is 0 Å². The molecule has 4 heteroatoms. The van der Waals surface area contributed by atoms with Gasteiger partial charge in [-0.05, 0) is 25.5 Å². The molecule has 0 aliphatic carbocycles. The second-order valence-corrected chi connectivity index (χ2v) is 3.43. The van der Waals surface area contributed by atoms with Crippen molar-refractivity contribution in [2.45, 2.75) is 26.4 Å². The van der Waals surface area contributed by atoms with Crippen LogP contribution in [0.15, 0.2) is 18.3 Å². The SMILES string of the molecule is CCCOc1cccnc1NCC(C)O. The minimum atomic E-state index is -0.397. The summed E-state index contributed by atoms with van der Waals surface area (Å²) in [7, 11) is 0. The molecule has 2 N–H and O–H groups in total. The Morgan fingerprint density at radius 3 is 3.07 bits per heavy atom. The van der Waals surface area contributed by atoms with E-state index in [-0.39, 0.29) is 0 Å². The van der Waals surface area contributed by atoms with E-state index in [0.29, 0.717) is 19.0 Å². The Hall–Kier alpha value is -1.29. The third kappa shape index (κ3) is 4.16. The molecule has 84 valence electrons. The number of nitrogens with one attached hydrogen (secondary N) is 1. The lowest BCUT2D eigenvalue weighted by atomic mass is 10.3. The molecule has 4 nitrogen and oxygen atoms in total. The van der Waals surface area contributed by atoms with E-state index < -0.39 is 6.10 Å². The van der Waals surface area contributed by atoms with Gasteiger partial charge in [0.25, 0.3) is 0 Å². The Balaban J connectivity index is 2.59. The number of pyridine rings is 1. The molecule has 0 aromatic carbocycles. The smallest absolute Gasteiger partial charge is 0.168 e. The summed E-state index contributed by atoms with van der Waals surface area (Å²) in [5, 5.41) is 12.2. The molecule has 0 amide bonds. The zero-order valence-corrected chi connectivity index (χ0v) is 9.23. The average Bonchev–Trinajstić information content (AvgIpc) is 2.24. The number of hydrogen-bond acceptors (Lipinski definition) is 4. The molecule has 0 aliphatic rings. The molecule has 1 aromatic rings. The third-order valence-electron chi connectivity index (χ3n) is 1.80. The first kappa shape index (κ1) is 11.8. The molecule has 1 rings (SSSR count). The lowest BCUT2D eigenvalue weighted by molar-refractivity contribution is 0.208. The lowest BCUT2D eigenvalue weighted by Crippen LogP contribution is -2.16. The highest BCUT2D eigenvalue weighted by Gasteiger charge is 2.04. The molecule has 0 saturated heterocycles. The van der Waals surface area contributed by atoms with Gasteiger partial charge in [0.2, 0.25) is 0 Å². The van der Waals surface area contributed by atoms with Crippen molar-refractivity contribution in [1.29, 1.82) is 0 Å². The fourth-order valence-electron chi connectivity index (χ4n) is 1.10. The Bertz CT molecular complexity index is 290. The number of ether oxygens (including phenoxy) is 1. The van der Waals surface area contributed by atoms with Gasteiger partial charge in [-0.1, -0.05) is 6.92 Å². The van der Waals surface area contributed by atoms with Gasteiger partial charge in [-0.2, -0.15) is 0 Å². The van der Waals surface area contributed by atoms with Crippen LogP contribution in [-0.2, 0) is 0 Å². The average molecular weight is 210 g/mol. The molecule has 1 heterocycles. The molecule has 1 unspecified atom stereocenters. The van der Waals surface area contributed by atoms with Crippen molar-refractivity contribution >= 4 is 5.82 Å². The van der Waals surface area contributed by atoms with Crippen molar-refractivity contribution in [3.63, 3.8) is 0 Å². The van der Waals surface area contributed by atoms with Gasteiger partial charge in [0, 0.05) is 12.7 Å². The van der Waals surface area contributed by atoms with E-state index >= 15 is 0 Å². The first-order valence-corrected chi connectivity index (χ1v) is 5.23. The standard InChI is InChI=1S/C11H18N2O2/c1-3-7-15-10-5-4-6-12-11(10)13-8-9(2)14/h4-6,9,14H,3,7-8H2,1-2H3,(H,12,13). The fraction of sp³-hybridized carbons (Fsp3) is 0.545. The van der Waals surface area contributed by atoms with E-state index in [4.69, 9.17) is 9.84 Å². The highest BCUT2D eigenvalue weighted by Crippen LogP contribution is 2.20. The summed E-state index contributed by atoms with van der Waals surface area (Å²) in [5.41, 5.74) is 0. The second-order valence-electron chi connectivity index (χ2n) is 3.43. The topological polar surface area (TPSA) is 54.4 Å². The molecule has 0 spiro atoms. The van der Waals surface area contributed by atoms with Crippen molar-refractivity contribution in [3.05, 3.63) is 18.3 Å². The number of anilines is 1. The number of hydrogen-bond donors (Lipinski definition) is 2. The summed E-state index contributed by atoms with van der Waals surface area (Å²) in [6, 6.07) is 3.70. The van der Waals surface area contributed by atoms with Crippen LogP contribution in [0.4, 0.5) is 5.82 Å². The first-order valence-electron chi connectivity index (χ1n) is 5.23. The zero-order chi connectivity index (χ0) is 11.1. The van der Waals surface area contributed by atoms with Gasteiger partial charge in [0.05, 0.1) is 12.7 Å². The van der Waals surface area contributed by atoms with Crippen LogP contribution in [0.5, 0.6) is 5.75 Å². The van der Waals surface area contributed by atoms with Crippen LogP contribution in [-0.4, -0.2) is 29.3 Å². The van der Waals surface area contributed by atoms with Crippen molar-refractivity contribution in [3.8, 4) is 5.75 Å². The van der Waals surface area contributed by atoms with Crippen molar-refractivity contribution in [2.75, 3.05) is 18.5 Å². The van der Waals surface area contributed by atoms with Gasteiger partial charge >= 0.3 is 0 Å². The summed E-state index contributed by atoms with van der Waals surface area (Å²) < 4.78 is 5.51. The highest BCUT2D eigenvalue weighted by atomic mass is 16.5. The first-order chi connectivity index (χ1) is 7.24. The lowest BCUT2D eigenvalue weighted by Gasteiger charge is -2.12. The molecule has 0 bridgehead atoms. The monoisotopic (exact) mass is 210 g/mol. The van der Waals surface area contributed by atoms with Gasteiger partial charge in [0.15, 0.2) is 11.6 Å². The zero-order valence-electron chi connectivity index (χ0n) is 9.23. The van der Waals surface area contributed by atoms with Gasteiger partial charge in [-0.25, -0.2) is 4.98 Å². The Kier molecular flexibility index (Phi) is 4.90. The van der Waals surface area contributed by atoms with E-state index in [1.165, 1.54) is 0 Å². The number of nitrogens with zero attached hydrogens (tertiary/aromatic N) is 1. The highest BCUT2D eigenvalue weighted by molar-refractivity contribution is 5.49. The summed E-state index contributed by atoms with van der Waals surface area (Å²) in [6.45, 7) is 4.93. The summed E-state index contributed by atoms with van der Waals surface area (Å²) >= 11 is 0. The van der Waals surface area contributed by atoms with Crippen LogP contribution in [0.1, 0.15) is 20.3 Å². The predicted octanol–water partition coefficient (Wildman–Crippen LogP) is 1.66. The molecule has 0 fully saturated rings. The normalized spacial score (nSPS) is 12.2. The van der Waals surface area contributed by atoms with E-state index in [9.17, 15) is 0 Å². The molecular weight excluding hydrogens is 192 g/mol. The van der Waals surface area contributed by atoms with Crippen molar-refractivity contribution in [1.82, 2.24) is 4.98 Å². The van der Waals surface area contributed by atoms with Crippen LogP contribution in [0.3, 0.4) is 0 Å². The number of rotatable bonds is 6. The number of aliphatic hydroxyl groups is 1. The molecule has 0 saturated carbocycles. The minimum absolute atomic E-state index is 0.397. The van der Waals surface area contributed by atoms with Gasteiger partial charge in [-0.15, -0.1) is 0 Å². The van der Waals surface area contributed by atoms with E-state index in [1.807, 2.05) is 12.1 Å². The molecule has 0 radical (unpaired) electrons. The summed E-state index contributed by atoms with van der Waals surface area (Å²) in [4.78, 5) is 4.16. The maximum Gasteiger partial charge on any atom is 0.168 e.